The molecule has 0 bridgehead atoms. The monoisotopic (exact) mass is 664 g/mol. The van der Waals surface area contributed by atoms with Crippen LogP contribution < -0.4 is 21.3 Å². The van der Waals surface area contributed by atoms with Crippen molar-refractivity contribution in [3.05, 3.63) is 24.3 Å². The number of carbonyl (C=O) groups excluding carboxylic acids is 3. The molecule has 10 nitrogen and oxygen atoms in total. The molecular weight excluding hydrogens is 604 g/mol. The Kier molecular flexibility index (Phi) is 18.1. The van der Waals surface area contributed by atoms with Crippen LogP contribution in [0.15, 0.2) is 24.3 Å². The van der Waals surface area contributed by atoms with Gasteiger partial charge >= 0.3 is 6.03 Å². The minimum absolute atomic E-state index is 0.0526. The number of unbranched alkanes of at least 4 members (excludes halogenated alkanes) is 6. The number of urea groups is 1. The zero-order valence-electron chi connectivity index (χ0n) is 27.8. The molecule has 0 aromatic rings. The van der Waals surface area contributed by atoms with E-state index < -0.39 is 18.3 Å². The standard InChI is InChI=1S/C35H60N4O6S/c1-2-3-7-14-25(40)19-20-27-26(29(41)23-30(27)42)15-8-4-5-9-17-32(43)36-21-12-6-13-22-37-33(44)18-11-10-16-31-34-28(24-46-31)38-35(45)39-34/h4,8,19-20,25-31,34,40-42H,2-3,5-7,9-18,21-24H2,1H3,(H,36,43)(H,37,44)(H2,38,39,45)/b8-4-,20-19+/t25?,26-,27-,28?,29?,30?,31?,34?/m1/s1. The van der Waals surface area contributed by atoms with Gasteiger partial charge in [-0.25, -0.2) is 4.79 Å². The molecule has 262 valence electrons. The minimum Gasteiger partial charge on any atom is -0.393 e. The maximum absolute atomic E-state index is 12.2. The van der Waals surface area contributed by atoms with Gasteiger partial charge in [0.25, 0.3) is 0 Å². The van der Waals surface area contributed by atoms with Gasteiger partial charge in [0, 0.05) is 49.3 Å². The number of thioether (sulfide) groups is 1. The van der Waals surface area contributed by atoms with Crippen molar-refractivity contribution in [1.82, 2.24) is 21.3 Å². The fourth-order valence-corrected chi connectivity index (χ4v) is 8.29. The number of amides is 4. The van der Waals surface area contributed by atoms with E-state index in [0.29, 0.717) is 44.0 Å². The Bertz CT molecular complexity index is 981. The van der Waals surface area contributed by atoms with Crippen LogP contribution in [0.4, 0.5) is 4.79 Å². The number of nitrogens with one attached hydrogen (secondary N) is 4. The zero-order chi connectivity index (χ0) is 33.1. The Balaban J connectivity index is 1.13. The van der Waals surface area contributed by atoms with Gasteiger partial charge in [0.05, 0.1) is 30.4 Å². The van der Waals surface area contributed by atoms with Crippen LogP contribution in [0, 0.1) is 11.8 Å². The Hall–Kier alpha value is -2.08. The number of aliphatic hydroxyl groups excluding tert-OH is 3. The fourth-order valence-electron chi connectivity index (χ4n) is 6.75. The molecule has 11 heteroatoms. The molecule has 2 aliphatic heterocycles. The molecule has 0 aromatic carbocycles. The Morgan fingerprint density at radius 2 is 1.67 bits per heavy atom. The van der Waals surface area contributed by atoms with Crippen LogP contribution in [-0.4, -0.2) is 87.7 Å². The van der Waals surface area contributed by atoms with Crippen LogP contribution in [0.2, 0.25) is 0 Å². The van der Waals surface area contributed by atoms with Crippen molar-refractivity contribution in [3.8, 4) is 0 Å². The van der Waals surface area contributed by atoms with Gasteiger partial charge in [-0.15, -0.1) is 0 Å². The van der Waals surface area contributed by atoms with Gasteiger partial charge in [0.1, 0.15) is 0 Å². The third-order valence-electron chi connectivity index (χ3n) is 9.50. The van der Waals surface area contributed by atoms with Crippen LogP contribution in [0.5, 0.6) is 0 Å². The van der Waals surface area contributed by atoms with Gasteiger partial charge < -0.3 is 36.6 Å². The highest BCUT2D eigenvalue weighted by Crippen LogP contribution is 2.36. The highest BCUT2D eigenvalue weighted by Gasteiger charge is 2.42. The lowest BCUT2D eigenvalue weighted by atomic mass is 9.89. The molecule has 3 rings (SSSR count). The Morgan fingerprint density at radius 1 is 0.935 bits per heavy atom. The average molecular weight is 665 g/mol. The van der Waals surface area contributed by atoms with Gasteiger partial charge in [0.2, 0.25) is 11.8 Å². The third-order valence-corrected chi connectivity index (χ3v) is 11.0. The van der Waals surface area contributed by atoms with E-state index in [1.807, 2.05) is 23.9 Å². The summed E-state index contributed by atoms with van der Waals surface area (Å²) in [6, 6.07) is 0.414. The molecule has 0 spiro atoms. The van der Waals surface area contributed by atoms with Crippen molar-refractivity contribution in [2.45, 2.75) is 145 Å². The smallest absolute Gasteiger partial charge is 0.315 e. The first-order valence-corrected chi connectivity index (χ1v) is 18.9. The number of carbonyl (C=O) groups is 3. The Labute approximate surface area is 280 Å². The fraction of sp³-hybridized carbons (Fsp3) is 0.800. The summed E-state index contributed by atoms with van der Waals surface area (Å²) in [7, 11) is 0. The SMILES string of the molecule is CCCCCC(O)/C=C/[C@H]1C(O)CC(O)[C@@H]1C/C=C\CCCC(=O)NCCCCCNC(=O)CCCCC1SCC2NC(=O)NC21. The number of fused-ring (bicyclic) bond motifs is 1. The predicted octanol–water partition coefficient (Wildman–Crippen LogP) is 4.09. The molecular formula is C35H60N4O6S. The van der Waals surface area contributed by atoms with Crippen molar-refractivity contribution in [3.63, 3.8) is 0 Å². The van der Waals surface area contributed by atoms with E-state index in [9.17, 15) is 29.7 Å². The molecule has 8 atom stereocenters. The molecule has 0 radical (unpaired) electrons. The molecule has 0 aromatic heterocycles. The maximum Gasteiger partial charge on any atom is 0.315 e. The number of hydrogen-bond acceptors (Lipinski definition) is 7. The van der Waals surface area contributed by atoms with Crippen LogP contribution >= 0.6 is 11.8 Å². The summed E-state index contributed by atoms with van der Waals surface area (Å²) in [4.78, 5) is 35.8. The lowest BCUT2D eigenvalue weighted by Crippen LogP contribution is -2.36. The highest BCUT2D eigenvalue weighted by molar-refractivity contribution is 8.00. The first kappa shape index (κ1) is 38.4. The van der Waals surface area contributed by atoms with Crippen molar-refractivity contribution < 1.29 is 29.7 Å². The van der Waals surface area contributed by atoms with Crippen LogP contribution in [-0.2, 0) is 9.59 Å². The molecule has 4 amide bonds. The van der Waals surface area contributed by atoms with E-state index >= 15 is 0 Å². The summed E-state index contributed by atoms with van der Waals surface area (Å²) < 4.78 is 0. The van der Waals surface area contributed by atoms with Gasteiger partial charge in [-0.1, -0.05) is 56.9 Å². The summed E-state index contributed by atoms with van der Waals surface area (Å²) in [6.07, 6.45) is 19.2. The third kappa shape index (κ3) is 14.0. The van der Waals surface area contributed by atoms with Crippen molar-refractivity contribution >= 4 is 29.6 Å². The number of allylic oxidation sites excluding steroid dienone is 2. The highest BCUT2D eigenvalue weighted by atomic mass is 32.2. The quantitative estimate of drug-likeness (QED) is 0.0492. The van der Waals surface area contributed by atoms with E-state index in [-0.39, 0.29) is 41.8 Å². The predicted molar refractivity (Wildman–Crippen MR) is 184 cm³/mol. The molecule has 2 heterocycles. The summed E-state index contributed by atoms with van der Waals surface area (Å²) >= 11 is 1.91. The number of hydrogen-bond donors (Lipinski definition) is 7. The van der Waals surface area contributed by atoms with Crippen LogP contribution in [0.3, 0.4) is 0 Å². The second-order valence-corrected chi connectivity index (χ2v) is 14.6. The second kappa shape index (κ2) is 21.7. The average Bonchev–Trinajstić information content (AvgIpc) is 3.66. The summed E-state index contributed by atoms with van der Waals surface area (Å²) in [5, 5.41) is 43.4. The van der Waals surface area contributed by atoms with Crippen molar-refractivity contribution in [2.24, 2.45) is 11.8 Å². The first-order chi connectivity index (χ1) is 22.3. The first-order valence-electron chi connectivity index (χ1n) is 17.9. The van der Waals surface area contributed by atoms with Crippen LogP contribution in [0.1, 0.15) is 110 Å². The lowest BCUT2D eigenvalue weighted by molar-refractivity contribution is -0.121. The molecule has 3 fully saturated rings. The molecule has 1 aliphatic carbocycles. The van der Waals surface area contributed by atoms with E-state index in [4.69, 9.17) is 0 Å². The lowest BCUT2D eigenvalue weighted by Gasteiger charge is -2.19. The largest absolute Gasteiger partial charge is 0.393 e. The molecule has 46 heavy (non-hydrogen) atoms. The van der Waals surface area contributed by atoms with Crippen LogP contribution in [0.25, 0.3) is 0 Å². The van der Waals surface area contributed by atoms with Gasteiger partial charge in [-0.3, -0.25) is 9.59 Å². The minimum atomic E-state index is -0.595. The zero-order valence-corrected chi connectivity index (χ0v) is 28.7. The molecule has 2 saturated heterocycles. The summed E-state index contributed by atoms with van der Waals surface area (Å²) in [5.74, 6) is 0.875. The van der Waals surface area contributed by atoms with E-state index in [2.05, 4.69) is 34.3 Å². The van der Waals surface area contributed by atoms with E-state index in [1.54, 1.807) is 6.08 Å². The van der Waals surface area contributed by atoms with Crippen molar-refractivity contribution in [1.29, 1.82) is 0 Å². The summed E-state index contributed by atoms with van der Waals surface area (Å²) in [6.45, 7) is 3.44. The number of aliphatic hydroxyl groups is 3. The van der Waals surface area contributed by atoms with Gasteiger partial charge in [-0.2, -0.15) is 11.8 Å². The molecule has 6 unspecified atom stereocenters. The maximum atomic E-state index is 12.2. The molecule has 1 saturated carbocycles. The van der Waals surface area contributed by atoms with E-state index in [1.165, 1.54) is 0 Å². The topological polar surface area (TPSA) is 160 Å². The van der Waals surface area contributed by atoms with Crippen molar-refractivity contribution in [2.75, 3.05) is 18.8 Å². The summed E-state index contributed by atoms with van der Waals surface area (Å²) in [5.41, 5.74) is 0. The molecule has 3 aliphatic rings. The molecule has 7 N–H and O–H groups in total. The van der Waals surface area contributed by atoms with E-state index in [0.717, 1.165) is 82.8 Å². The van der Waals surface area contributed by atoms with Gasteiger partial charge in [0.15, 0.2) is 0 Å². The normalized spacial score (nSPS) is 28.0. The van der Waals surface area contributed by atoms with Gasteiger partial charge in [-0.05, 0) is 63.7 Å². The Morgan fingerprint density at radius 3 is 2.41 bits per heavy atom. The number of rotatable bonds is 23. The second-order valence-electron chi connectivity index (χ2n) is 13.3.